The summed E-state index contributed by atoms with van der Waals surface area (Å²) in [5, 5.41) is 0.361. The third kappa shape index (κ3) is 1.87. The van der Waals surface area contributed by atoms with Crippen molar-refractivity contribution in [3.63, 3.8) is 0 Å². The highest BCUT2D eigenvalue weighted by Gasteiger charge is 2.27. The summed E-state index contributed by atoms with van der Waals surface area (Å²) in [6, 6.07) is 1.55. The fourth-order valence-electron chi connectivity index (χ4n) is 1.51. The van der Waals surface area contributed by atoms with Crippen LogP contribution >= 0.6 is 11.6 Å². The summed E-state index contributed by atoms with van der Waals surface area (Å²) in [6.45, 7) is 3.10. The minimum atomic E-state index is -0.0517. The first-order chi connectivity index (χ1) is 7.08. The van der Waals surface area contributed by atoms with E-state index in [2.05, 4.69) is 9.97 Å². The van der Waals surface area contributed by atoms with Gasteiger partial charge in [0, 0.05) is 26.2 Å². The third-order valence-corrected chi connectivity index (χ3v) is 2.48. The molecule has 0 bridgehead atoms. The average molecular weight is 227 g/mol. The number of aromatic nitrogens is 2. The van der Waals surface area contributed by atoms with E-state index in [1.54, 1.807) is 29.8 Å². The van der Waals surface area contributed by atoms with E-state index in [0.717, 1.165) is 0 Å². The van der Waals surface area contributed by atoms with Gasteiger partial charge in [0.15, 0.2) is 0 Å². The molecule has 15 heavy (non-hydrogen) atoms. The van der Waals surface area contributed by atoms with E-state index >= 15 is 0 Å². The summed E-state index contributed by atoms with van der Waals surface area (Å²) in [5.41, 5.74) is 0. The normalized spacial score (nSPS) is 16.3. The van der Waals surface area contributed by atoms with Crippen molar-refractivity contribution in [2.24, 2.45) is 0 Å². The van der Waals surface area contributed by atoms with Crippen LogP contribution in [0.4, 0.5) is 10.6 Å². The van der Waals surface area contributed by atoms with Crippen molar-refractivity contribution in [3.05, 3.63) is 17.0 Å². The summed E-state index contributed by atoms with van der Waals surface area (Å²) in [7, 11) is 1.76. The molecule has 1 aromatic rings. The zero-order valence-corrected chi connectivity index (χ0v) is 9.32. The van der Waals surface area contributed by atoms with Gasteiger partial charge in [-0.25, -0.2) is 14.8 Å². The summed E-state index contributed by atoms with van der Waals surface area (Å²) >= 11 is 5.81. The molecule has 1 fully saturated rings. The maximum Gasteiger partial charge on any atom is 0.325 e. The number of carbonyl (C=O) groups excluding carboxylic acids is 1. The Labute approximate surface area is 92.7 Å². The Morgan fingerprint density at radius 3 is 2.67 bits per heavy atom. The lowest BCUT2D eigenvalue weighted by atomic mass is 10.5. The fraction of sp³-hybridized carbons (Fsp3) is 0.444. The minimum absolute atomic E-state index is 0.0517. The summed E-state index contributed by atoms with van der Waals surface area (Å²) in [6.07, 6.45) is 0. The van der Waals surface area contributed by atoms with Crippen LogP contribution in [0.1, 0.15) is 5.82 Å². The van der Waals surface area contributed by atoms with Gasteiger partial charge in [-0.15, -0.1) is 0 Å². The lowest BCUT2D eigenvalue weighted by Crippen LogP contribution is -2.30. The van der Waals surface area contributed by atoms with E-state index in [-0.39, 0.29) is 6.03 Å². The van der Waals surface area contributed by atoms with Crippen molar-refractivity contribution in [2.75, 3.05) is 25.0 Å². The number of amides is 2. The molecule has 0 spiro atoms. The predicted molar refractivity (Wildman–Crippen MR) is 57.2 cm³/mol. The van der Waals surface area contributed by atoms with E-state index in [0.29, 0.717) is 29.9 Å². The molecule has 0 radical (unpaired) electrons. The number of rotatable bonds is 1. The Bertz CT molecular complexity index is 389. The number of likely N-dealkylation sites (N-methyl/N-ethyl adjacent to an activating group) is 1. The molecule has 0 atom stereocenters. The van der Waals surface area contributed by atoms with Crippen LogP contribution in [0.5, 0.6) is 0 Å². The van der Waals surface area contributed by atoms with E-state index in [9.17, 15) is 4.79 Å². The number of hydrogen-bond acceptors (Lipinski definition) is 3. The summed E-state index contributed by atoms with van der Waals surface area (Å²) < 4.78 is 0. The number of anilines is 1. The molecule has 1 aromatic heterocycles. The highest BCUT2D eigenvalue weighted by Crippen LogP contribution is 2.19. The summed E-state index contributed by atoms with van der Waals surface area (Å²) in [4.78, 5) is 23.1. The molecule has 0 aromatic carbocycles. The number of halogens is 1. The maximum atomic E-state index is 11.7. The van der Waals surface area contributed by atoms with Crippen LogP contribution in [0.25, 0.3) is 0 Å². The SMILES string of the molecule is Cc1nc(Cl)cc(N2CCN(C)C2=O)n1. The molecule has 0 N–H and O–H groups in total. The molecule has 1 aliphatic heterocycles. The van der Waals surface area contributed by atoms with E-state index in [1.807, 2.05) is 0 Å². The number of carbonyl (C=O) groups is 1. The average Bonchev–Trinajstić information content (AvgIpc) is 2.46. The van der Waals surface area contributed by atoms with Crippen molar-refractivity contribution >= 4 is 23.4 Å². The van der Waals surface area contributed by atoms with Crippen LogP contribution in [-0.4, -0.2) is 41.0 Å². The van der Waals surface area contributed by atoms with E-state index < -0.39 is 0 Å². The number of urea groups is 1. The number of aryl methyl sites for hydroxylation is 1. The zero-order valence-electron chi connectivity index (χ0n) is 8.57. The number of nitrogens with zero attached hydrogens (tertiary/aromatic N) is 4. The Morgan fingerprint density at radius 2 is 2.13 bits per heavy atom. The van der Waals surface area contributed by atoms with Crippen molar-refractivity contribution in [1.82, 2.24) is 14.9 Å². The van der Waals surface area contributed by atoms with Gasteiger partial charge in [-0.05, 0) is 6.92 Å². The molecule has 2 heterocycles. The molecule has 2 amide bonds. The van der Waals surface area contributed by atoms with Crippen LogP contribution in [0.3, 0.4) is 0 Å². The largest absolute Gasteiger partial charge is 0.326 e. The lowest BCUT2D eigenvalue weighted by molar-refractivity contribution is 0.229. The quantitative estimate of drug-likeness (QED) is 0.679. The first-order valence-corrected chi connectivity index (χ1v) is 4.99. The third-order valence-electron chi connectivity index (χ3n) is 2.29. The highest BCUT2D eigenvalue weighted by molar-refractivity contribution is 6.29. The zero-order chi connectivity index (χ0) is 11.0. The van der Waals surface area contributed by atoms with Gasteiger partial charge in [0.25, 0.3) is 0 Å². The Hall–Kier alpha value is -1.36. The molecule has 5 nitrogen and oxygen atoms in total. The molecule has 2 rings (SSSR count). The van der Waals surface area contributed by atoms with Gasteiger partial charge in [0.05, 0.1) is 0 Å². The minimum Gasteiger partial charge on any atom is -0.326 e. The predicted octanol–water partition coefficient (Wildman–Crippen LogP) is 1.31. The monoisotopic (exact) mass is 226 g/mol. The van der Waals surface area contributed by atoms with Crippen molar-refractivity contribution in [2.45, 2.75) is 6.92 Å². The van der Waals surface area contributed by atoms with Crippen LogP contribution in [0, 0.1) is 6.92 Å². The first-order valence-electron chi connectivity index (χ1n) is 4.62. The van der Waals surface area contributed by atoms with Gasteiger partial charge in [0.1, 0.15) is 16.8 Å². The van der Waals surface area contributed by atoms with Gasteiger partial charge in [-0.2, -0.15) is 0 Å². The molecule has 0 saturated carbocycles. The second-order valence-electron chi connectivity index (χ2n) is 3.45. The van der Waals surface area contributed by atoms with Crippen molar-refractivity contribution < 1.29 is 4.79 Å². The smallest absolute Gasteiger partial charge is 0.325 e. The molecular weight excluding hydrogens is 216 g/mol. The Kier molecular flexibility index (Phi) is 2.48. The second-order valence-corrected chi connectivity index (χ2v) is 3.84. The highest BCUT2D eigenvalue weighted by atomic mass is 35.5. The summed E-state index contributed by atoms with van der Waals surface area (Å²) in [5.74, 6) is 1.14. The Balaban J connectivity index is 2.34. The molecule has 1 saturated heterocycles. The van der Waals surface area contributed by atoms with E-state index in [1.165, 1.54) is 0 Å². The van der Waals surface area contributed by atoms with Crippen LogP contribution < -0.4 is 4.90 Å². The first kappa shape index (κ1) is 10.2. The molecule has 6 heteroatoms. The maximum absolute atomic E-state index is 11.7. The van der Waals surface area contributed by atoms with E-state index in [4.69, 9.17) is 11.6 Å². The van der Waals surface area contributed by atoms with Crippen molar-refractivity contribution in [1.29, 1.82) is 0 Å². The van der Waals surface area contributed by atoms with Crippen LogP contribution in [0.15, 0.2) is 6.07 Å². The van der Waals surface area contributed by atoms with Crippen molar-refractivity contribution in [3.8, 4) is 0 Å². The topological polar surface area (TPSA) is 49.3 Å². The molecule has 1 aliphatic rings. The van der Waals surface area contributed by atoms with Gasteiger partial charge in [-0.1, -0.05) is 11.6 Å². The van der Waals surface area contributed by atoms with Gasteiger partial charge in [-0.3, -0.25) is 4.90 Å². The molecule has 0 unspecified atom stereocenters. The standard InChI is InChI=1S/C9H11ClN4O/c1-6-11-7(10)5-8(12-6)14-4-3-13(2)9(14)15/h5H,3-4H2,1-2H3. The van der Waals surface area contributed by atoms with Gasteiger partial charge >= 0.3 is 6.03 Å². The Morgan fingerprint density at radius 1 is 1.40 bits per heavy atom. The second kappa shape index (κ2) is 3.66. The number of hydrogen-bond donors (Lipinski definition) is 0. The molecular formula is C9H11ClN4O. The fourth-order valence-corrected chi connectivity index (χ4v) is 1.73. The van der Waals surface area contributed by atoms with Crippen LogP contribution in [0.2, 0.25) is 5.15 Å². The molecule has 0 aliphatic carbocycles. The van der Waals surface area contributed by atoms with Crippen LogP contribution in [-0.2, 0) is 0 Å². The lowest BCUT2D eigenvalue weighted by Gasteiger charge is -2.15. The van der Waals surface area contributed by atoms with Gasteiger partial charge < -0.3 is 4.90 Å². The molecule has 80 valence electrons. The van der Waals surface area contributed by atoms with Gasteiger partial charge in [0.2, 0.25) is 0 Å².